The lowest BCUT2D eigenvalue weighted by Crippen LogP contribution is -2.39. The number of ketones is 1. The number of nitrogens with zero attached hydrogens (tertiary/aromatic N) is 2. The first-order chi connectivity index (χ1) is 8.81. The molecule has 1 saturated carbocycles. The van der Waals surface area contributed by atoms with Gasteiger partial charge in [-0.3, -0.25) is 4.79 Å². The Balaban J connectivity index is 2.14. The first kappa shape index (κ1) is 12.6. The zero-order valence-electron chi connectivity index (χ0n) is 10.5. The second kappa shape index (κ2) is 6.20. The summed E-state index contributed by atoms with van der Waals surface area (Å²) in [5, 5.41) is 8.77. The molecule has 0 spiro atoms. The average molecular weight is 242 g/mol. The van der Waals surface area contributed by atoms with Crippen molar-refractivity contribution in [2.75, 3.05) is 11.4 Å². The van der Waals surface area contributed by atoms with Gasteiger partial charge in [0.1, 0.15) is 5.78 Å². The van der Waals surface area contributed by atoms with Gasteiger partial charge in [-0.1, -0.05) is 18.2 Å². The molecular weight excluding hydrogens is 224 g/mol. The van der Waals surface area contributed by atoms with Gasteiger partial charge in [0, 0.05) is 31.1 Å². The summed E-state index contributed by atoms with van der Waals surface area (Å²) in [6.45, 7) is 0.707. The molecule has 1 aromatic rings. The standard InChI is InChI=1S/C15H18N2O/c16-10-5-11-17(13-6-2-1-3-7-13)14-8-4-9-15(18)12-14/h1-3,6-7,14H,4-5,8-9,11-12H2. The smallest absolute Gasteiger partial charge is 0.134 e. The average Bonchev–Trinajstić information content (AvgIpc) is 2.40. The fraction of sp³-hybridized carbons (Fsp3) is 0.467. The first-order valence-electron chi connectivity index (χ1n) is 6.51. The van der Waals surface area contributed by atoms with Crippen molar-refractivity contribution in [2.45, 2.75) is 38.1 Å². The molecule has 0 bridgehead atoms. The molecule has 1 atom stereocenters. The molecular formula is C15H18N2O. The molecule has 1 aliphatic carbocycles. The van der Waals surface area contributed by atoms with Crippen LogP contribution in [0.4, 0.5) is 5.69 Å². The van der Waals surface area contributed by atoms with Gasteiger partial charge < -0.3 is 4.90 Å². The molecule has 3 heteroatoms. The van der Waals surface area contributed by atoms with E-state index in [1.54, 1.807) is 0 Å². The molecule has 0 radical (unpaired) electrons. The van der Waals surface area contributed by atoms with E-state index in [1.807, 2.05) is 18.2 Å². The number of nitriles is 1. The third kappa shape index (κ3) is 3.10. The van der Waals surface area contributed by atoms with Crippen LogP contribution < -0.4 is 4.90 Å². The van der Waals surface area contributed by atoms with Crippen molar-refractivity contribution in [1.29, 1.82) is 5.26 Å². The molecule has 18 heavy (non-hydrogen) atoms. The molecule has 2 rings (SSSR count). The SMILES string of the molecule is N#CCCN(c1ccccc1)C1CCCC(=O)C1. The minimum atomic E-state index is 0.266. The molecule has 94 valence electrons. The van der Waals surface area contributed by atoms with Crippen molar-refractivity contribution < 1.29 is 4.79 Å². The molecule has 3 nitrogen and oxygen atoms in total. The summed E-state index contributed by atoms with van der Waals surface area (Å²) in [4.78, 5) is 13.8. The number of anilines is 1. The Morgan fingerprint density at radius 1 is 1.33 bits per heavy atom. The van der Waals surface area contributed by atoms with Crippen LogP contribution in [0.25, 0.3) is 0 Å². The molecule has 0 saturated heterocycles. The van der Waals surface area contributed by atoms with Crippen LogP contribution in [-0.2, 0) is 4.79 Å². The van der Waals surface area contributed by atoms with Crippen LogP contribution in [0, 0.1) is 11.3 Å². The Hall–Kier alpha value is -1.82. The molecule has 1 fully saturated rings. The normalized spacial score (nSPS) is 19.3. The van der Waals surface area contributed by atoms with Crippen molar-refractivity contribution in [2.24, 2.45) is 0 Å². The number of Topliss-reactive ketones (excluding diaryl/α,β-unsaturated/α-hetero) is 1. The van der Waals surface area contributed by atoms with Crippen LogP contribution in [0.3, 0.4) is 0 Å². The fourth-order valence-electron chi connectivity index (χ4n) is 2.58. The highest BCUT2D eigenvalue weighted by molar-refractivity contribution is 5.80. The maximum Gasteiger partial charge on any atom is 0.134 e. The zero-order chi connectivity index (χ0) is 12.8. The molecule has 0 heterocycles. The lowest BCUT2D eigenvalue weighted by atomic mass is 9.92. The number of hydrogen-bond acceptors (Lipinski definition) is 3. The molecule has 1 unspecified atom stereocenters. The van der Waals surface area contributed by atoms with Crippen LogP contribution in [-0.4, -0.2) is 18.4 Å². The Kier molecular flexibility index (Phi) is 4.35. The highest BCUT2D eigenvalue weighted by atomic mass is 16.1. The van der Waals surface area contributed by atoms with Gasteiger partial charge in [-0.25, -0.2) is 0 Å². The summed E-state index contributed by atoms with van der Waals surface area (Å²) >= 11 is 0. The Morgan fingerprint density at radius 2 is 2.11 bits per heavy atom. The summed E-state index contributed by atoms with van der Waals surface area (Å²) in [7, 11) is 0. The first-order valence-corrected chi connectivity index (χ1v) is 6.51. The summed E-state index contributed by atoms with van der Waals surface area (Å²) in [5.74, 6) is 0.351. The zero-order valence-corrected chi connectivity index (χ0v) is 10.5. The summed E-state index contributed by atoms with van der Waals surface area (Å²) in [6.07, 6.45) is 3.86. The van der Waals surface area contributed by atoms with Crippen molar-refractivity contribution in [1.82, 2.24) is 0 Å². The maximum atomic E-state index is 11.6. The highest BCUT2D eigenvalue weighted by Gasteiger charge is 2.25. The number of carbonyl (C=O) groups is 1. The van der Waals surface area contributed by atoms with E-state index in [-0.39, 0.29) is 6.04 Å². The van der Waals surface area contributed by atoms with Crippen molar-refractivity contribution in [3.8, 4) is 6.07 Å². The summed E-state index contributed by atoms with van der Waals surface area (Å²) < 4.78 is 0. The monoisotopic (exact) mass is 242 g/mol. The van der Waals surface area contributed by atoms with Crippen LogP contribution in [0.5, 0.6) is 0 Å². The van der Waals surface area contributed by atoms with Crippen LogP contribution in [0.1, 0.15) is 32.1 Å². The second-order valence-corrected chi connectivity index (χ2v) is 4.73. The fourth-order valence-corrected chi connectivity index (χ4v) is 2.58. The Morgan fingerprint density at radius 3 is 2.78 bits per heavy atom. The topological polar surface area (TPSA) is 44.1 Å². The van der Waals surface area contributed by atoms with Gasteiger partial charge in [0.15, 0.2) is 0 Å². The molecule has 0 aliphatic heterocycles. The van der Waals surface area contributed by atoms with E-state index in [9.17, 15) is 4.79 Å². The number of para-hydroxylation sites is 1. The number of benzene rings is 1. The van der Waals surface area contributed by atoms with Crippen molar-refractivity contribution in [3.05, 3.63) is 30.3 Å². The van der Waals surface area contributed by atoms with Gasteiger partial charge in [0.25, 0.3) is 0 Å². The van der Waals surface area contributed by atoms with E-state index in [0.717, 1.165) is 24.9 Å². The van der Waals surface area contributed by atoms with Crippen LogP contribution in [0.2, 0.25) is 0 Å². The number of rotatable bonds is 4. The van der Waals surface area contributed by atoms with E-state index in [2.05, 4.69) is 23.1 Å². The molecule has 0 aromatic heterocycles. The van der Waals surface area contributed by atoms with Crippen LogP contribution in [0.15, 0.2) is 30.3 Å². The van der Waals surface area contributed by atoms with Crippen LogP contribution >= 0.6 is 0 Å². The Bertz CT molecular complexity index is 436. The van der Waals surface area contributed by atoms with Crippen molar-refractivity contribution in [3.63, 3.8) is 0 Å². The predicted molar refractivity (Wildman–Crippen MR) is 71.3 cm³/mol. The van der Waals surface area contributed by atoms with Gasteiger partial charge in [0.2, 0.25) is 0 Å². The van der Waals surface area contributed by atoms with Gasteiger partial charge in [-0.15, -0.1) is 0 Å². The van der Waals surface area contributed by atoms with Gasteiger partial charge in [0.05, 0.1) is 12.5 Å². The minimum absolute atomic E-state index is 0.266. The highest BCUT2D eigenvalue weighted by Crippen LogP contribution is 2.25. The van der Waals surface area contributed by atoms with Crippen molar-refractivity contribution >= 4 is 11.5 Å². The molecule has 0 amide bonds. The molecule has 1 aromatic carbocycles. The van der Waals surface area contributed by atoms with E-state index in [4.69, 9.17) is 5.26 Å². The van der Waals surface area contributed by atoms with E-state index < -0.39 is 0 Å². The van der Waals surface area contributed by atoms with Gasteiger partial charge >= 0.3 is 0 Å². The van der Waals surface area contributed by atoms with Gasteiger partial charge in [-0.05, 0) is 25.0 Å². The Labute approximate surface area is 108 Å². The largest absolute Gasteiger partial charge is 0.367 e. The minimum Gasteiger partial charge on any atom is -0.367 e. The maximum absolute atomic E-state index is 11.6. The third-order valence-electron chi connectivity index (χ3n) is 3.45. The molecule has 1 aliphatic rings. The number of hydrogen-bond donors (Lipinski definition) is 0. The van der Waals surface area contributed by atoms with E-state index in [0.29, 0.717) is 25.2 Å². The summed E-state index contributed by atoms with van der Waals surface area (Å²) in [6, 6.07) is 12.5. The third-order valence-corrected chi connectivity index (χ3v) is 3.45. The van der Waals surface area contributed by atoms with E-state index in [1.165, 1.54) is 0 Å². The lowest BCUT2D eigenvalue weighted by Gasteiger charge is -2.35. The predicted octanol–water partition coefficient (Wildman–Crippen LogP) is 2.92. The summed E-state index contributed by atoms with van der Waals surface area (Å²) in [5.41, 5.74) is 1.12. The van der Waals surface area contributed by atoms with E-state index >= 15 is 0 Å². The second-order valence-electron chi connectivity index (χ2n) is 4.73. The number of carbonyl (C=O) groups excluding carboxylic acids is 1. The lowest BCUT2D eigenvalue weighted by molar-refractivity contribution is -0.120. The quantitative estimate of drug-likeness (QED) is 0.815. The molecule has 0 N–H and O–H groups in total. The van der Waals surface area contributed by atoms with Gasteiger partial charge in [-0.2, -0.15) is 5.26 Å².